The summed E-state index contributed by atoms with van der Waals surface area (Å²) in [6, 6.07) is 12.6. The number of benzene rings is 1. The normalized spacial score (nSPS) is 10.3. The van der Waals surface area contributed by atoms with Gasteiger partial charge in [0.1, 0.15) is 11.6 Å². The number of nitrogens with zero attached hydrogens (tertiary/aromatic N) is 6. The molecule has 3 rings (SSSR count). The van der Waals surface area contributed by atoms with Crippen LogP contribution < -0.4 is 5.32 Å². The van der Waals surface area contributed by atoms with Gasteiger partial charge in [-0.2, -0.15) is 20.7 Å². The first kappa shape index (κ1) is 16.9. The number of carbonyl (C=O) groups excluding carboxylic acids is 1. The lowest BCUT2D eigenvalue weighted by molar-refractivity contribution is 0.102. The van der Waals surface area contributed by atoms with Gasteiger partial charge in [0.05, 0.1) is 17.3 Å². The highest BCUT2D eigenvalue weighted by Crippen LogP contribution is 2.16. The fourth-order valence-corrected chi connectivity index (χ4v) is 2.31. The van der Waals surface area contributed by atoms with E-state index in [1.165, 1.54) is 4.68 Å². The first-order chi connectivity index (χ1) is 12.5. The third kappa shape index (κ3) is 3.30. The van der Waals surface area contributed by atoms with Crippen molar-refractivity contribution in [3.8, 4) is 17.8 Å². The lowest BCUT2D eigenvalue weighted by Crippen LogP contribution is -2.15. The lowest BCUT2D eigenvalue weighted by Gasteiger charge is -2.04. The Labute approximate surface area is 149 Å². The van der Waals surface area contributed by atoms with Gasteiger partial charge >= 0.3 is 0 Å². The zero-order valence-corrected chi connectivity index (χ0v) is 14.2. The zero-order valence-electron chi connectivity index (χ0n) is 14.2. The van der Waals surface area contributed by atoms with Crippen LogP contribution in [0.25, 0.3) is 5.69 Å². The van der Waals surface area contributed by atoms with Gasteiger partial charge in [0.2, 0.25) is 0 Å². The van der Waals surface area contributed by atoms with Crippen molar-refractivity contribution in [1.29, 1.82) is 10.5 Å². The molecule has 0 aliphatic heterocycles. The number of rotatable bonds is 4. The Hall–Kier alpha value is -3.91. The van der Waals surface area contributed by atoms with Crippen LogP contribution in [-0.2, 0) is 0 Å². The Balaban J connectivity index is 1.83. The average molecular weight is 345 g/mol. The van der Waals surface area contributed by atoms with E-state index in [4.69, 9.17) is 5.26 Å². The SMILES string of the molecule is CC(C)n1cc(C#N)c(NC(=O)c2ccn(-c3cccc(C#N)c3)n2)n1. The molecule has 0 bridgehead atoms. The molecule has 128 valence electrons. The van der Waals surface area contributed by atoms with Gasteiger partial charge in [0, 0.05) is 18.4 Å². The second-order valence-corrected chi connectivity index (χ2v) is 5.84. The molecule has 0 spiro atoms. The molecule has 0 saturated heterocycles. The predicted molar refractivity (Wildman–Crippen MR) is 93.6 cm³/mol. The van der Waals surface area contributed by atoms with Crippen molar-refractivity contribution in [2.24, 2.45) is 0 Å². The third-order valence-corrected chi connectivity index (χ3v) is 3.67. The molecule has 0 radical (unpaired) electrons. The molecule has 0 aliphatic carbocycles. The number of hydrogen-bond acceptors (Lipinski definition) is 5. The lowest BCUT2D eigenvalue weighted by atomic mass is 10.2. The second-order valence-electron chi connectivity index (χ2n) is 5.84. The Morgan fingerprint density at radius 1 is 1.19 bits per heavy atom. The van der Waals surface area contributed by atoms with Crippen molar-refractivity contribution >= 4 is 11.7 Å². The molecule has 3 aromatic rings. The number of amides is 1. The van der Waals surface area contributed by atoms with E-state index < -0.39 is 5.91 Å². The van der Waals surface area contributed by atoms with Gasteiger partial charge in [0.15, 0.2) is 11.5 Å². The van der Waals surface area contributed by atoms with Gasteiger partial charge in [-0.3, -0.25) is 9.48 Å². The summed E-state index contributed by atoms with van der Waals surface area (Å²) in [5.74, 6) is -0.266. The van der Waals surface area contributed by atoms with Crippen LogP contribution in [0.2, 0.25) is 0 Å². The Kier molecular flexibility index (Phi) is 4.50. The zero-order chi connectivity index (χ0) is 18.7. The van der Waals surface area contributed by atoms with E-state index >= 15 is 0 Å². The van der Waals surface area contributed by atoms with Gasteiger partial charge in [-0.1, -0.05) is 6.07 Å². The van der Waals surface area contributed by atoms with E-state index in [9.17, 15) is 10.1 Å². The van der Waals surface area contributed by atoms with E-state index in [1.807, 2.05) is 19.9 Å². The van der Waals surface area contributed by atoms with E-state index in [1.54, 1.807) is 47.4 Å². The van der Waals surface area contributed by atoms with E-state index in [2.05, 4.69) is 21.6 Å². The van der Waals surface area contributed by atoms with Gasteiger partial charge < -0.3 is 5.32 Å². The minimum absolute atomic E-state index is 0.0689. The summed E-state index contributed by atoms with van der Waals surface area (Å²) in [6.07, 6.45) is 3.22. The molecule has 0 saturated carbocycles. The molecule has 0 fully saturated rings. The summed E-state index contributed by atoms with van der Waals surface area (Å²) in [5.41, 5.74) is 1.63. The maximum absolute atomic E-state index is 12.4. The molecule has 0 atom stereocenters. The summed E-state index contributed by atoms with van der Waals surface area (Å²) >= 11 is 0. The molecular weight excluding hydrogens is 330 g/mol. The highest BCUT2D eigenvalue weighted by molar-refractivity contribution is 6.02. The number of hydrogen-bond donors (Lipinski definition) is 1. The van der Waals surface area contributed by atoms with Crippen molar-refractivity contribution < 1.29 is 4.79 Å². The minimum Gasteiger partial charge on any atom is -0.303 e. The quantitative estimate of drug-likeness (QED) is 0.781. The highest BCUT2D eigenvalue weighted by atomic mass is 16.2. The van der Waals surface area contributed by atoms with Crippen LogP contribution in [0.15, 0.2) is 42.7 Å². The topological polar surface area (TPSA) is 112 Å². The van der Waals surface area contributed by atoms with Crippen molar-refractivity contribution in [3.63, 3.8) is 0 Å². The molecule has 1 N–H and O–H groups in total. The number of carbonyl (C=O) groups is 1. The van der Waals surface area contributed by atoms with Crippen molar-refractivity contribution in [2.45, 2.75) is 19.9 Å². The number of aromatic nitrogens is 4. The summed E-state index contributed by atoms with van der Waals surface area (Å²) in [5, 5.41) is 29.2. The van der Waals surface area contributed by atoms with E-state index in [0.717, 1.165) is 0 Å². The first-order valence-electron chi connectivity index (χ1n) is 7.88. The second kappa shape index (κ2) is 6.91. The predicted octanol–water partition coefficient (Wildman–Crippen LogP) is 2.65. The minimum atomic E-state index is -0.467. The molecule has 8 heteroatoms. The summed E-state index contributed by atoms with van der Waals surface area (Å²) in [4.78, 5) is 12.4. The van der Waals surface area contributed by atoms with Crippen LogP contribution in [0.4, 0.5) is 5.82 Å². The molecule has 0 unspecified atom stereocenters. The molecule has 0 aliphatic rings. The molecule has 2 aromatic heterocycles. The number of anilines is 1. The van der Waals surface area contributed by atoms with Gasteiger partial charge in [-0.15, -0.1) is 0 Å². The summed E-state index contributed by atoms with van der Waals surface area (Å²) in [6.45, 7) is 3.85. The third-order valence-electron chi connectivity index (χ3n) is 3.67. The summed E-state index contributed by atoms with van der Waals surface area (Å²) in [7, 11) is 0. The standard InChI is InChI=1S/C18H15N7O/c1-12(2)25-11-14(10-20)17(23-25)21-18(26)16-6-7-24(22-16)15-5-3-4-13(8-15)9-19/h3-8,11-12H,1-2H3,(H,21,23,26). The van der Waals surface area contributed by atoms with Crippen LogP contribution in [0.5, 0.6) is 0 Å². The van der Waals surface area contributed by atoms with Crippen LogP contribution in [0, 0.1) is 22.7 Å². The van der Waals surface area contributed by atoms with Gasteiger partial charge in [-0.25, -0.2) is 4.68 Å². The van der Waals surface area contributed by atoms with Gasteiger partial charge in [-0.05, 0) is 38.1 Å². The monoisotopic (exact) mass is 345 g/mol. The Bertz CT molecular complexity index is 1050. The summed E-state index contributed by atoms with van der Waals surface area (Å²) < 4.78 is 3.12. The first-order valence-corrected chi connectivity index (χ1v) is 7.88. The highest BCUT2D eigenvalue weighted by Gasteiger charge is 2.16. The fraction of sp³-hybridized carbons (Fsp3) is 0.167. The van der Waals surface area contributed by atoms with Crippen LogP contribution in [0.1, 0.15) is 41.5 Å². The molecule has 1 amide bonds. The van der Waals surface area contributed by atoms with Crippen molar-refractivity contribution in [3.05, 3.63) is 59.5 Å². The Morgan fingerprint density at radius 2 is 2.00 bits per heavy atom. The van der Waals surface area contributed by atoms with Crippen molar-refractivity contribution in [2.75, 3.05) is 5.32 Å². The number of nitrogens with one attached hydrogen (secondary N) is 1. The van der Waals surface area contributed by atoms with E-state index in [0.29, 0.717) is 11.3 Å². The Morgan fingerprint density at radius 3 is 2.69 bits per heavy atom. The number of nitriles is 2. The van der Waals surface area contributed by atoms with E-state index in [-0.39, 0.29) is 23.1 Å². The van der Waals surface area contributed by atoms with Crippen LogP contribution >= 0.6 is 0 Å². The van der Waals surface area contributed by atoms with Gasteiger partial charge in [0.25, 0.3) is 5.91 Å². The fourth-order valence-electron chi connectivity index (χ4n) is 2.31. The maximum atomic E-state index is 12.4. The smallest absolute Gasteiger partial charge is 0.277 e. The molecule has 1 aromatic carbocycles. The molecule has 2 heterocycles. The average Bonchev–Trinajstić information content (AvgIpc) is 3.29. The van der Waals surface area contributed by atoms with Crippen LogP contribution in [0.3, 0.4) is 0 Å². The van der Waals surface area contributed by atoms with Crippen molar-refractivity contribution in [1.82, 2.24) is 19.6 Å². The molecule has 8 nitrogen and oxygen atoms in total. The maximum Gasteiger partial charge on any atom is 0.277 e. The van der Waals surface area contributed by atoms with Crippen LogP contribution in [-0.4, -0.2) is 25.5 Å². The molecule has 26 heavy (non-hydrogen) atoms. The molecular formula is C18H15N7O. The largest absolute Gasteiger partial charge is 0.303 e.